The molecule has 1 aromatic carbocycles. The van der Waals surface area contributed by atoms with E-state index >= 15 is 0 Å². The molecule has 1 aliphatic rings. The van der Waals surface area contributed by atoms with Gasteiger partial charge in [0, 0.05) is 26.2 Å². The minimum atomic E-state index is -3.24. The average molecular weight is 347 g/mol. The smallest absolute Gasteiger partial charge is 0.214 e. The minimum Gasteiger partial charge on any atom is -0.276 e. The fraction of sp³-hybridized carbons (Fsp3) is 0.500. The molecular weight excluding hydrogens is 322 g/mol. The summed E-state index contributed by atoms with van der Waals surface area (Å²) in [5.74, 6) is 0.492. The van der Waals surface area contributed by atoms with Gasteiger partial charge in [-0.3, -0.25) is 4.68 Å². The molecule has 3 rings (SSSR count). The fourth-order valence-corrected chi connectivity index (χ4v) is 4.98. The molecule has 1 heterocycles. The van der Waals surface area contributed by atoms with Crippen molar-refractivity contribution in [1.82, 2.24) is 14.5 Å². The molecule has 0 amide bonds. The summed E-state index contributed by atoms with van der Waals surface area (Å²) in [6.07, 6.45) is 5.84. The molecule has 1 aliphatic carbocycles. The van der Waals surface area contributed by atoms with E-state index in [-0.39, 0.29) is 5.25 Å². The summed E-state index contributed by atoms with van der Waals surface area (Å²) in [6.45, 7) is 0.415. The van der Waals surface area contributed by atoms with Crippen LogP contribution in [0.15, 0.2) is 42.6 Å². The number of nitrogens with one attached hydrogen (secondary N) is 1. The number of nitrogens with zero attached hydrogens (tertiary/aromatic N) is 2. The van der Waals surface area contributed by atoms with E-state index in [0.29, 0.717) is 18.9 Å². The zero-order valence-electron chi connectivity index (χ0n) is 14.1. The summed E-state index contributed by atoms with van der Waals surface area (Å²) in [5, 5.41) is 4.01. The van der Waals surface area contributed by atoms with Crippen molar-refractivity contribution >= 4 is 10.0 Å². The zero-order chi connectivity index (χ0) is 17.0. The van der Waals surface area contributed by atoms with Crippen molar-refractivity contribution in [3.8, 4) is 0 Å². The summed E-state index contributed by atoms with van der Waals surface area (Å²) < 4.78 is 29.5. The standard InChI is InChI=1S/C18H25N3O2S/c1-21-14-12-17(20-21)11-13-19-24(22,23)18-9-7-16(8-10-18)15-5-3-2-4-6-15/h2-6,12,14,16,18-19H,7-11,13H2,1H3. The van der Waals surface area contributed by atoms with Gasteiger partial charge >= 0.3 is 0 Å². The Morgan fingerprint density at radius 3 is 2.46 bits per heavy atom. The van der Waals surface area contributed by atoms with E-state index < -0.39 is 10.0 Å². The minimum absolute atomic E-state index is 0.263. The molecule has 1 N–H and O–H groups in total. The first kappa shape index (κ1) is 17.2. The van der Waals surface area contributed by atoms with Crippen LogP contribution < -0.4 is 4.72 Å². The second-order valence-corrected chi connectivity index (χ2v) is 8.60. The number of benzene rings is 1. The predicted molar refractivity (Wildman–Crippen MR) is 95.3 cm³/mol. The summed E-state index contributed by atoms with van der Waals surface area (Å²) in [5.41, 5.74) is 2.24. The lowest BCUT2D eigenvalue weighted by Gasteiger charge is -2.28. The van der Waals surface area contributed by atoms with Gasteiger partial charge in [-0.25, -0.2) is 13.1 Å². The Labute approximate surface area is 144 Å². The number of aryl methyl sites for hydroxylation is 1. The van der Waals surface area contributed by atoms with Gasteiger partial charge in [0.1, 0.15) is 0 Å². The third-order valence-corrected chi connectivity index (χ3v) is 6.79. The van der Waals surface area contributed by atoms with Gasteiger partial charge in [0.05, 0.1) is 10.9 Å². The molecule has 24 heavy (non-hydrogen) atoms. The first-order chi connectivity index (χ1) is 11.5. The number of hydrogen-bond donors (Lipinski definition) is 1. The van der Waals surface area contributed by atoms with Gasteiger partial charge in [0.15, 0.2) is 0 Å². The highest BCUT2D eigenvalue weighted by Crippen LogP contribution is 2.34. The van der Waals surface area contributed by atoms with Crippen LogP contribution in [0.5, 0.6) is 0 Å². The highest BCUT2D eigenvalue weighted by atomic mass is 32.2. The molecule has 0 spiro atoms. The molecule has 0 unspecified atom stereocenters. The van der Waals surface area contributed by atoms with E-state index in [1.807, 2.05) is 25.4 Å². The number of rotatable bonds is 6. The first-order valence-electron chi connectivity index (χ1n) is 8.56. The normalized spacial score (nSPS) is 21.7. The van der Waals surface area contributed by atoms with Crippen molar-refractivity contribution in [2.75, 3.05) is 6.54 Å². The van der Waals surface area contributed by atoms with Crippen molar-refractivity contribution in [1.29, 1.82) is 0 Å². The second kappa shape index (κ2) is 7.49. The van der Waals surface area contributed by atoms with E-state index in [1.165, 1.54) is 5.56 Å². The van der Waals surface area contributed by atoms with Gasteiger partial charge in [0.25, 0.3) is 0 Å². The van der Waals surface area contributed by atoms with Crippen molar-refractivity contribution in [3.05, 3.63) is 53.9 Å². The monoisotopic (exact) mass is 347 g/mol. The number of sulfonamides is 1. The molecule has 0 bridgehead atoms. The predicted octanol–water partition coefficient (Wildman–Crippen LogP) is 2.61. The van der Waals surface area contributed by atoms with Crippen LogP contribution in [0.2, 0.25) is 0 Å². The summed E-state index contributed by atoms with van der Waals surface area (Å²) in [6, 6.07) is 12.3. The van der Waals surface area contributed by atoms with E-state index in [1.54, 1.807) is 4.68 Å². The van der Waals surface area contributed by atoms with Gasteiger partial charge < -0.3 is 0 Å². The van der Waals surface area contributed by atoms with Crippen LogP contribution in [-0.2, 0) is 23.5 Å². The quantitative estimate of drug-likeness (QED) is 0.873. The fourth-order valence-electron chi connectivity index (χ4n) is 3.47. The van der Waals surface area contributed by atoms with Crippen LogP contribution in [0.3, 0.4) is 0 Å². The first-order valence-corrected chi connectivity index (χ1v) is 10.1. The molecule has 1 fully saturated rings. The highest BCUT2D eigenvalue weighted by molar-refractivity contribution is 7.90. The molecule has 0 atom stereocenters. The maximum absolute atomic E-state index is 12.5. The molecule has 0 aliphatic heterocycles. The van der Waals surface area contributed by atoms with Crippen molar-refractivity contribution in [3.63, 3.8) is 0 Å². The maximum atomic E-state index is 12.5. The van der Waals surface area contributed by atoms with Crippen molar-refractivity contribution < 1.29 is 8.42 Å². The number of hydrogen-bond acceptors (Lipinski definition) is 3. The van der Waals surface area contributed by atoms with Gasteiger partial charge in [-0.05, 0) is 43.2 Å². The third-order valence-electron chi connectivity index (χ3n) is 4.84. The molecule has 1 saturated carbocycles. The van der Waals surface area contributed by atoms with Crippen LogP contribution in [0, 0.1) is 0 Å². The molecule has 5 nitrogen and oxygen atoms in total. The molecular formula is C18H25N3O2S. The Morgan fingerprint density at radius 2 is 1.83 bits per heavy atom. The Balaban J connectivity index is 1.49. The Morgan fingerprint density at radius 1 is 1.12 bits per heavy atom. The Kier molecular flexibility index (Phi) is 5.36. The van der Waals surface area contributed by atoms with E-state index in [0.717, 1.165) is 31.4 Å². The van der Waals surface area contributed by atoms with Gasteiger partial charge in [-0.2, -0.15) is 5.10 Å². The lowest BCUT2D eigenvalue weighted by molar-refractivity contribution is 0.432. The van der Waals surface area contributed by atoms with E-state index in [9.17, 15) is 8.42 Å². The highest BCUT2D eigenvalue weighted by Gasteiger charge is 2.30. The zero-order valence-corrected chi connectivity index (χ0v) is 14.9. The third kappa shape index (κ3) is 4.24. The lowest BCUT2D eigenvalue weighted by atomic mass is 9.84. The van der Waals surface area contributed by atoms with Gasteiger partial charge in [-0.1, -0.05) is 30.3 Å². The molecule has 0 radical (unpaired) electrons. The molecule has 0 saturated heterocycles. The maximum Gasteiger partial charge on any atom is 0.214 e. The van der Waals surface area contributed by atoms with Crippen LogP contribution in [0.4, 0.5) is 0 Å². The summed E-state index contributed by atoms with van der Waals surface area (Å²) >= 11 is 0. The van der Waals surface area contributed by atoms with Crippen LogP contribution in [0.25, 0.3) is 0 Å². The SMILES string of the molecule is Cn1ccc(CCNS(=O)(=O)C2CCC(c3ccccc3)CC2)n1. The summed E-state index contributed by atoms with van der Waals surface area (Å²) in [4.78, 5) is 0. The summed E-state index contributed by atoms with van der Waals surface area (Å²) in [7, 11) is -1.38. The van der Waals surface area contributed by atoms with Gasteiger partial charge in [0.2, 0.25) is 10.0 Å². The molecule has 1 aromatic heterocycles. The van der Waals surface area contributed by atoms with Crippen LogP contribution in [-0.4, -0.2) is 30.0 Å². The molecule has 2 aromatic rings. The number of aromatic nitrogens is 2. The van der Waals surface area contributed by atoms with E-state index in [4.69, 9.17) is 0 Å². The molecule has 130 valence electrons. The van der Waals surface area contributed by atoms with Crippen molar-refractivity contribution in [2.24, 2.45) is 7.05 Å². The van der Waals surface area contributed by atoms with Gasteiger partial charge in [-0.15, -0.1) is 0 Å². The van der Waals surface area contributed by atoms with Crippen LogP contribution in [0.1, 0.15) is 42.9 Å². The second-order valence-electron chi connectivity index (χ2n) is 6.55. The van der Waals surface area contributed by atoms with E-state index in [2.05, 4.69) is 34.1 Å². The van der Waals surface area contributed by atoms with Crippen LogP contribution >= 0.6 is 0 Å². The Hall–Kier alpha value is -1.66. The lowest BCUT2D eigenvalue weighted by Crippen LogP contribution is -2.37. The largest absolute Gasteiger partial charge is 0.276 e. The molecule has 6 heteroatoms. The Bertz CT molecular complexity index is 748. The average Bonchev–Trinajstić information content (AvgIpc) is 3.01. The topological polar surface area (TPSA) is 64.0 Å². The van der Waals surface area contributed by atoms with Crippen molar-refractivity contribution in [2.45, 2.75) is 43.3 Å².